The Bertz CT molecular complexity index is 1380. The van der Waals surface area contributed by atoms with E-state index in [0.29, 0.717) is 19.3 Å². The quantitative estimate of drug-likeness (QED) is 0.0261. The molecule has 1 unspecified atom stereocenters. The summed E-state index contributed by atoms with van der Waals surface area (Å²) in [6.45, 7) is 6.51. The number of ether oxygens (including phenoxy) is 3. The number of hydrogen-bond acceptors (Lipinski definition) is 6. The number of carbonyl (C=O) groups excluding carboxylic acids is 3. The third-order valence-corrected chi connectivity index (χ3v) is 13.1. The molecule has 0 aliphatic carbocycles. The predicted octanol–water partition coefficient (Wildman–Crippen LogP) is 20.7. The standard InChI is InChI=1S/C66H114O6/c1-4-7-10-13-16-19-22-25-28-31-32-33-34-36-38-41-44-47-50-53-56-59-65(68)71-62-63(61-70-64(67)58-55-52-49-46-43-40-37-30-27-24-21-18-15-12-9-6-3)72-66(69)60-57-54-51-48-45-42-39-35-29-26-23-20-17-14-11-8-5-2/h7,10,16,19,21,24-26,28-30,32-33,37,63H,4-6,8-9,11-15,17-18,20,22-23,27,31,34-36,38-62H2,1-3H3/b10-7-,19-16-,24-21-,28-25-,29-26-,33-32-,37-30-. The third kappa shape index (κ3) is 57.5. The molecule has 0 aromatic carbocycles. The molecule has 0 radical (unpaired) electrons. The smallest absolute Gasteiger partial charge is 0.306 e. The Balaban J connectivity index is 4.41. The predicted molar refractivity (Wildman–Crippen MR) is 311 cm³/mol. The van der Waals surface area contributed by atoms with Crippen molar-refractivity contribution in [1.29, 1.82) is 0 Å². The number of allylic oxidation sites excluding steroid dienone is 14. The molecule has 0 aromatic heterocycles. The van der Waals surface area contributed by atoms with Crippen LogP contribution >= 0.6 is 0 Å². The summed E-state index contributed by atoms with van der Waals surface area (Å²) in [6.07, 6.45) is 78.6. The molecule has 0 aromatic rings. The first-order chi connectivity index (χ1) is 35.5. The Morgan fingerprint density at radius 3 is 0.875 bits per heavy atom. The van der Waals surface area contributed by atoms with Gasteiger partial charge in [-0.1, -0.05) is 247 Å². The summed E-state index contributed by atoms with van der Waals surface area (Å²) in [5, 5.41) is 0. The van der Waals surface area contributed by atoms with Gasteiger partial charge >= 0.3 is 17.9 Å². The first-order valence-electron chi connectivity index (χ1n) is 30.6. The summed E-state index contributed by atoms with van der Waals surface area (Å²) in [5.74, 6) is -0.902. The zero-order chi connectivity index (χ0) is 52.2. The Morgan fingerprint density at radius 2 is 0.542 bits per heavy atom. The summed E-state index contributed by atoms with van der Waals surface area (Å²) < 4.78 is 16.9. The molecule has 0 aliphatic rings. The Hall–Kier alpha value is -3.41. The minimum Gasteiger partial charge on any atom is -0.462 e. The number of unbranched alkanes of at least 4 members (excludes halogenated alkanes) is 30. The largest absolute Gasteiger partial charge is 0.462 e. The van der Waals surface area contributed by atoms with Crippen LogP contribution in [0.3, 0.4) is 0 Å². The average molecular weight is 1000 g/mol. The number of rotatable bonds is 55. The van der Waals surface area contributed by atoms with E-state index in [9.17, 15) is 14.4 Å². The molecule has 72 heavy (non-hydrogen) atoms. The van der Waals surface area contributed by atoms with Gasteiger partial charge in [0.2, 0.25) is 0 Å². The van der Waals surface area contributed by atoms with Crippen molar-refractivity contribution in [3.8, 4) is 0 Å². The maximum atomic E-state index is 12.9. The zero-order valence-corrected chi connectivity index (χ0v) is 47.4. The highest BCUT2D eigenvalue weighted by Crippen LogP contribution is 2.15. The summed E-state index contributed by atoms with van der Waals surface area (Å²) >= 11 is 0. The molecule has 0 amide bonds. The van der Waals surface area contributed by atoms with E-state index in [4.69, 9.17) is 14.2 Å². The lowest BCUT2D eigenvalue weighted by molar-refractivity contribution is -0.167. The molecule has 1 atom stereocenters. The van der Waals surface area contributed by atoms with E-state index in [1.807, 2.05) is 0 Å². The van der Waals surface area contributed by atoms with E-state index >= 15 is 0 Å². The van der Waals surface area contributed by atoms with Crippen LogP contribution in [0.5, 0.6) is 0 Å². The first-order valence-corrected chi connectivity index (χ1v) is 30.6. The van der Waals surface area contributed by atoms with Gasteiger partial charge in [-0.3, -0.25) is 14.4 Å². The van der Waals surface area contributed by atoms with Crippen LogP contribution in [0.1, 0.15) is 297 Å². The van der Waals surface area contributed by atoms with Gasteiger partial charge in [0, 0.05) is 19.3 Å². The summed E-state index contributed by atoms with van der Waals surface area (Å²) in [4.78, 5) is 38.3. The molecule has 6 nitrogen and oxygen atoms in total. The second-order valence-corrected chi connectivity index (χ2v) is 20.2. The van der Waals surface area contributed by atoms with E-state index < -0.39 is 6.10 Å². The molecule has 0 N–H and O–H groups in total. The van der Waals surface area contributed by atoms with E-state index in [0.717, 1.165) is 109 Å². The maximum absolute atomic E-state index is 12.9. The fourth-order valence-corrected chi connectivity index (χ4v) is 8.52. The highest BCUT2D eigenvalue weighted by molar-refractivity contribution is 5.71. The molecule has 0 saturated heterocycles. The van der Waals surface area contributed by atoms with Gasteiger partial charge in [0.1, 0.15) is 13.2 Å². The molecule has 0 heterocycles. The number of hydrogen-bond donors (Lipinski definition) is 0. The van der Waals surface area contributed by atoms with Crippen LogP contribution in [0.15, 0.2) is 85.1 Å². The molecule has 0 spiro atoms. The summed E-state index contributed by atoms with van der Waals surface area (Å²) in [7, 11) is 0. The van der Waals surface area contributed by atoms with Gasteiger partial charge in [-0.05, 0) is 116 Å². The maximum Gasteiger partial charge on any atom is 0.306 e. The Labute approximate surface area is 445 Å². The SMILES string of the molecule is CC/C=C\C/C=C\C/C=C\C/C=C\CCCCCCCCCCC(=O)OCC(COC(=O)CCCCCCC/C=C\C/C=C\CCCCCC)OC(=O)CCCCCCCCC/C=C\CCCCCCCC. The van der Waals surface area contributed by atoms with Crippen molar-refractivity contribution in [3.63, 3.8) is 0 Å². The van der Waals surface area contributed by atoms with Crippen molar-refractivity contribution in [2.24, 2.45) is 0 Å². The number of carbonyl (C=O) groups is 3. The van der Waals surface area contributed by atoms with Crippen molar-refractivity contribution in [2.45, 2.75) is 303 Å². The summed E-state index contributed by atoms with van der Waals surface area (Å²) in [6, 6.07) is 0. The zero-order valence-electron chi connectivity index (χ0n) is 47.4. The van der Waals surface area contributed by atoms with Gasteiger partial charge in [0.15, 0.2) is 6.10 Å². The first kappa shape index (κ1) is 68.6. The summed E-state index contributed by atoms with van der Waals surface area (Å²) in [5.41, 5.74) is 0. The Kier molecular flexibility index (Phi) is 57.3. The van der Waals surface area contributed by atoms with Crippen molar-refractivity contribution < 1.29 is 28.6 Å². The fourth-order valence-electron chi connectivity index (χ4n) is 8.52. The van der Waals surface area contributed by atoms with Gasteiger partial charge in [-0.15, -0.1) is 0 Å². The van der Waals surface area contributed by atoms with Gasteiger partial charge < -0.3 is 14.2 Å². The lowest BCUT2D eigenvalue weighted by Gasteiger charge is -2.18. The van der Waals surface area contributed by atoms with Gasteiger partial charge in [-0.25, -0.2) is 0 Å². The van der Waals surface area contributed by atoms with E-state index in [-0.39, 0.29) is 31.1 Å². The number of esters is 3. The van der Waals surface area contributed by atoms with Crippen LogP contribution in [0.2, 0.25) is 0 Å². The molecule has 0 bridgehead atoms. The topological polar surface area (TPSA) is 78.9 Å². The molecular formula is C66H114O6. The second-order valence-electron chi connectivity index (χ2n) is 20.2. The van der Waals surface area contributed by atoms with E-state index in [1.165, 1.54) is 148 Å². The van der Waals surface area contributed by atoms with Crippen molar-refractivity contribution in [1.82, 2.24) is 0 Å². The molecule has 0 rings (SSSR count). The van der Waals surface area contributed by atoms with Crippen LogP contribution in [-0.4, -0.2) is 37.2 Å². The molecule has 6 heteroatoms. The lowest BCUT2D eigenvalue weighted by Crippen LogP contribution is -2.30. The molecular weight excluding hydrogens is 889 g/mol. The van der Waals surface area contributed by atoms with E-state index in [2.05, 4.69) is 106 Å². The van der Waals surface area contributed by atoms with Crippen LogP contribution in [0.4, 0.5) is 0 Å². The van der Waals surface area contributed by atoms with Crippen LogP contribution < -0.4 is 0 Å². The van der Waals surface area contributed by atoms with Crippen molar-refractivity contribution >= 4 is 17.9 Å². The molecule has 0 fully saturated rings. The molecule has 0 saturated carbocycles. The fraction of sp³-hybridized carbons (Fsp3) is 0.742. The van der Waals surface area contributed by atoms with Crippen molar-refractivity contribution in [3.05, 3.63) is 85.1 Å². The molecule has 0 aliphatic heterocycles. The lowest BCUT2D eigenvalue weighted by atomic mass is 10.1. The van der Waals surface area contributed by atoms with Crippen LogP contribution in [0, 0.1) is 0 Å². The monoisotopic (exact) mass is 1000 g/mol. The van der Waals surface area contributed by atoms with Gasteiger partial charge in [-0.2, -0.15) is 0 Å². The van der Waals surface area contributed by atoms with Crippen molar-refractivity contribution in [2.75, 3.05) is 13.2 Å². The van der Waals surface area contributed by atoms with Gasteiger partial charge in [0.05, 0.1) is 0 Å². The minimum absolute atomic E-state index is 0.0865. The average Bonchev–Trinajstić information content (AvgIpc) is 3.38. The highest BCUT2D eigenvalue weighted by atomic mass is 16.6. The third-order valence-electron chi connectivity index (χ3n) is 13.1. The van der Waals surface area contributed by atoms with Gasteiger partial charge in [0.25, 0.3) is 0 Å². The normalized spacial score (nSPS) is 12.7. The molecule has 414 valence electrons. The highest BCUT2D eigenvalue weighted by Gasteiger charge is 2.19. The second kappa shape index (κ2) is 60.1. The Morgan fingerprint density at radius 1 is 0.292 bits per heavy atom. The van der Waals surface area contributed by atoms with Crippen LogP contribution in [-0.2, 0) is 28.6 Å². The van der Waals surface area contributed by atoms with Crippen LogP contribution in [0.25, 0.3) is 0 Å². The van der Waals surface area contributed by atoms with E-state index in [1.54, 1.807) is 0 Å². The minimum atomic E-state index is -0.789.